The van der Waals surface area contributed by atoms with Gasteiger partial charge in [0, 0.05) is 31.4 Å². The molecule has 1 amide bonds. The van der Waals surface area contributed by atoms with Crippen LogP contribution in [0.4, 0.5) is 11.4 Å². The van der Waals surface area contributed by atoms with Gasteiger partial charge in [-0.3, -0.25) is 9.10 Å². The number of amides is 1. The number of hydrogen-bond acceptors (Lipinski definition) is 4. The molecule has 0 aromatic heterocycles. The minimum atomic E-state index is -3.41. The van der Waals surface area contributed by atoms with Crippen LogP contribution in [0.2, 0.25) is 0 Å². The molecule has 0 bridgehead atoms. The van der Waals surface area contributed by atoms with Crippen molar-refractivity contribution in [2.75, 3.05) is 42.1 Å². The molecule has 0 aliphatic carbocycles. The van der Waals surface area contributed by atoms with Crippen molar-refractivity contribution >= 4 is 27.3 Å². The van der Waals surface area contributed by atoms with E-state index in [-0.39, 0.29) is 12.5 Å². The Hall–Kier alpha value is -2.80. The minimum Gasteiger partial charge on any atom is -0.373 e. The lowest BCUT2D eigenvalue weighted by molar-refractivity contribution is 0.0954. The third-order valence-electron chi connectivity index (χ3n) is 4.04. The first-order chi connectivity index (χ1) is 12.8. The normalized spacial score (nSPS) is 10.9. The number of benzene rings is 2. The molecule has 2 aromatic carbocycles. The van der Waals surface area contributed by atoms with Crippen LogP contribution < -0.4 is 14.5 Å². The largest absolute Gasteiger partial charge is 0.373 e. The number of hydrogen-bond donors (Lipinski definition) is 1. The SMILES string of the molecule is C=CCN(c1ccc(C(=O)NCCN(C)c2ccccc2)cc1)S(C)(=O)=O. The van der Waals surface area contributed by atoms with Crippen LogP contribution in [-0.4, -0.2) is 47.3 Å². The molecular weight excluding hydrogens is 362 g/mol. The Kier molecular flexibility index (Phi) is 7.01. The van der Waals surface area contributed by atoms with Crippen LogP contribution in [-0.2, 0) is 10.0 Å². The molecule has 6 nitrogen and oxygen atoms in total. The van der Waals surface area contributed by atoms with Gasteiger partial charge in [0.2, 0.25) is 10.0 Å². The van der Waals surface area contributed by atoms with Gasteiger partial charge in [0.25, 0.3) is 5.91 Å². The van der Waals surface area contributed by atoms with Crippen LogP contribution in [0.1, 0.15) is 10.4 Å². The van der Waals surface area contributed by atoms with E-state index >= 15 is 0 Å². The third kappa shape index (κ3) is 5.86. The first kappa shape index (κ1) is 20.5. The third-order valence-corrected chi connectivity index (χ3v) is 5.20. The van der Waals surface area contributed by atoms with E-state index in [2.05, 4.69) is 16.8 Å². The van der Waals surface area contributed by atoms with Gasteiger partial charge in [0.1, 0.15) is 0 Å². The highest BCUT2D eigenvalue weighted by atomic mass is 32.2. The maximum absolute atomic E-state index is 12.3. The van der Waals surface area contributed by atoms with Crippen LogP contribution in [0.25, 0.3) is 0 Å². The Bertz CT molecular complexity index is 865. The summed E-state index contributed by atoms with van der Waals surface area (Å²) in [6, 6.07) is 16.4. The Labute approximate surface area is 161 Å². The molecule has 1 N–H and O–H groups in total. The fourth-order valence-corrected chi connectivity index (χ4v) is 3.46. The predicted octanol–water partition coefficient (Wildman–Crippen LogP) is 2.50. The molecule has 2 aromatic rings. The summed E-state index contributed by atoms with van der Waals surface area (Å²) in [7, 11) is -1.44. The zero-order valence-electron chi connectivity index (χ0n) is 15.6. The van der Waals surface area contributed by atoms with Crippen molar-refractivity contribution in [3.63, 3.8) is 0 Å². The lowest BCUT2D eigenvalue weighted by Gasteiger charge is -2.21. The van der Waals surface area contributed by atoms with Crippen molar-refractivity contribution < 1.29 is 13.2 Å². The van der Waals surface area contributed by atoms with E-state index in [1.165, 1.54) is 10.4 Å². The maximum atomic E-state index is 12.3. The summed E-state index contributed by atoms with van der Waals surface area (Å²) in [5.41, 5.74) is 2.06. The Morgan fingerprint density at radius 1 is 1.07 bits per heavy atom. The summed E-state index contributed by atoms with van der Waals surface area (Å²) >= 11 is 0. The Morgan fingerprint density at radius 3 is 2.26 bits per heavy atom. The Morgan fingerprint density at radius 2 is 1.70 bits per heavy atom. The van der Waals surface area contributed by atoms with E-state index in [1.54, 1.807) is 24.3 Å². The highest BCUT2D eigenvalue weighted by molar-refractivity contribution is 7.92. The zero-order valence-corrected chi connectivity index (χ0v) is 16.4. The molecule has 0 radical (unpaired) electrons. The molecule has 0 atom stereocenters. The summed E-state index contributed by atoms with van der Waals surface area (Å²) in [6.07, 6.45) is 2.66. The molecular formula is C20H25N3O3S. The lowest BCUT2D eigenvalue weighted by Crippen LogP contribution is -2.33. The van der Waals surface area contributed by atoms with Crippen molar-refractivity contribution in [1.82, 2.24) is 5.32 Å². The van der Waals surface area contributed by atoms with Crippen molar-refractivity contribution in [3.8, 4) is 0 Å². The van der Waals surface area contributed by atoms with Gasteiger partial charge in [-0.15, -0.1) is 6.58 Å². The first-order valence-electron chi connectivity index (χ1n) is 8.56. The number of rotatable bonds is 9. The van der Waals surface area contributed by atoms with Gasteiger partial charge in [-0.1, -0.05) is 24.3 Å². The fraction of sp³-hybridized carbons (Fsp3) is 0.250. The van der Waals surface area contributed by atoms with E-state index < -0.39 is 10.0 Å². The summed E-state index contributed by atoms with van der Waals surface area (Å²) in [5, 5.41) is 2.88. The van der Waals surface area contributed by atoms with Crippen molar-refractivity contribution in [2.45, 2.75) is 0 Å². The van der Waals surface area contributed by atoms with E-state index in [4.69, 9.17) is 0 Å². The molecule has 0 aliphatic heterocycles. The number of carbonyl (C=O) groups excluding carboxylic acids is 1. The highest BCUT2D eigenvalue weighted by Crippen LogP contribution is 2.18. The van der Waals surface area contributed by atoms with E-state index in [1.807, 2.05) is 37.4 Å². The molecule has 0 heterocycles. The highest BCUT2D eigenvalue weighted by Gasteiger charge is 2.16. The van der Waals surface area contributed by atoms with Crippen molar-refractivity contribution in [2.24, 2.45) is 0 Å². The monoisotopic (exact) mass is 387 g/mol. The number of nitrogens with one attached hydrogen (secondary N) is 1. The molecule has 0 unspecified atom stereocenters. The minimum absolute atomic E-state index is 0.177. The fourth-order valence-electron chi connectivity index (χ4n) is 2.58. The molecule has 0 fully saturated rings. The quantitative estimate of drug-likeness (QED) is 0.671. The first-order valence-corrected chi connectivity index (χ1v) is 10.4. The number of sulfonamides is 1. The van der Waals surface area contributed by atoms with E-state index in [9.17, 15) is 13.2 Å². The van der Waals surface area contributed by atoms with Crippen LogP contribution >= 0.6 is 0 Å². The molecule has 2 rings (SSSR count). The average molecular weight is 388 g/mol. The van der Waals surface area contributed by atoms with Crippen LogP contribution in [0, 0.1) is 0 Å². The summed E-state index contributed by atoms with van der Waals surface area (Å²) in [4.78, 5) is 14.3. The lowest BCUT2D eigenvalue weighted by atomic mass is 10.2. The van der Waals surface area contributed by atoms with Crippen molar-refractivity contribution in [3.05, 3.63) is 72.8 Å². The van der Waals surface area contributed by atoms with Crippen molar-refractivity contribution in [1.29, 1.82) is 0 Å². The number of anilines is 2. The number of likely N-dealkylation sites (N-methyl/N-ethyl adjacent to an activating group) is 1. The smallest absolute Gasteiger partial charge is 0.251 e. The molecule has 0 saturated carbocycles. The second-order valence-corrected chi connectivity index (χ2v) is 8.05. The molecule has 0 saturated heterocycles. The van der Waals surface area contributed by atoms with Crippen LogP contribution in [0.5, 0.6) is 0 Å². The molecule has 27 heavy (non-hydrogen) atoms. The molecule has 0 aliphatic rings. The topological polar surface area (TPSA) is 69.7 Å². The van der Waals surface area contributed by atoms with E-state index in [0.29, 0.717) is 24.3 Å². The average Bonchev–Trinajstić information content (AvgIpc) is 2.66. The second-order valence-electron chi connectivity index (χ2n) is 6.14. The van der Waals surface area contributed by atoms with Gasteiger partial charge in [-0.25, -0.2) is 8.42 Å². The molecule has 144 valence electrons. The summed E-state index contributed by atoms with van der Waals surface area (Å²) in [6.45, 7) is 4.93. The molecule has 0 spiro atoms. The van der Waals surface area contributed by atoms with Gasteiger partial charge >= 0.3 is 0 Å². The number of nitrogens with zero attached hydrogens (tertiary/aromatic N) is 2. The summed E-state index contributed by atoms with van der Waals surface area (Å²) < 4.78 is 24.9. The second kappa shape index (κ2) is 9.23. The van der Waals surface area contributed by atoms with Crippen LogP contribution in [0.15, 0.2) is 67.3 Å². The van der Waals surface area contributed by atoms with Gasteiger partial charge < -0.3 is 10.2 Å². The zero-order chi connectivity index (χ0) is 19.9. The summed E-state index contributed by atoms with van der Waals surface area (Å²) in [5.74, 6) is -0.197. The van der Waals surface area contributed by atoms with Crippen LogP contribution in [0.3, 0.4) is 0 Å². The Balaban J connectivity index is 1.94. The number of para-hydroxylation sites is 1. The van der Waals surface area contributed by atoms with Gasteiger partial charge in [0.05, 0.1) is 18.5 Å². The number of carbonyl (C=O) groups is 1. The van der Waals surface area contributed by atoms with Gasteiger partial charge in [0.15, 0.2) is 0 Å². The van der Waals surface area contributed by atoms with E-state index in [0.717, 1.165) is 11.9 Å². The molecule has 7 heteroatoms. The standard InChI is InChI=1S/C20H25N3O3S/c1-4-15-23(27(3,25)26)19-12-10-17(11-13-19)20(24)21-14-16-22(2)18-8-6-5-7-9-18/h4-13H,1,14-16H2,2-3H3,(H,21,24). The van der Waals surface area contributed by atoms with Gasteiger partial charge in [-0.2, -0.15) is 0 Å². The van der Waals surface area contributed by atoms with Gasteiger partial charge in [-0.05, 0) is 36.4 Å². The predicted molar refractivity (Wildman–Crippen MR) is 111 cm³/mol. The maximum Gasteiger partial charge on any atom is 0.251 e.